The van der Waals surface area contributed by atoms with E-state index in [1.54, 1.807) is 0 Å². The summed E-state index contributed by atoms with van der Waals surface area (Å²) in [5.41, 5.74) is 0. The van der Waals surface area contributed by atoms with E-state index in [1.807, 2.05) is 0 Å². The normalized spacial score (nSPS) is 35.8. The highest BCUT2D eigenvalue weighted by atomic mass is 16.2. The summed E-state index contributed by atoms with van der Waals surface area (Å²) in [6.45, 7) is 0. The molecule has 0 aromatic carbocycles. The summed E-state index contributed by atoms with van der Waals surface area (Å²) in [6.07, 6.45) is 15.6. The van der Waals surface area contributed by atoms with Gasteiger partial charge < -0.3 is 10.6 Å². The quantitative estimate of drug-likeness (QED) is 0.773. The largest absolute Gasteiger partial charge is 0.353 e. The Labute approximate surface area is 151 Å². The third-order valence-electron chi connectivity index (χ3n) is 6.95. The van der Waals surface area contributed by atoms with Gasteiger partial charge in [-0.05, 0) is 95.3 Å². The van der Waals surface area contributed by atoms with Gasteiger partial charge >= 0.3 is 0 Å². The number of hydrogen-bond acceptors (Lipinski definition) is 2. The Hall–Kier alpha value is -1.06. The number of amides is 2. The molecule has 4 fully saturated rings. The van der Waals surface area contributed by atoms with Crippen molar-refractivity contribution in [2.75, 3.05) is 0 Å². The molecule has 2 N–H and O–H groups in total. The second-order valence-corrected chi connectivity index (χ2v) is 9.24. The second-order valence-electron chi connectivity index (χ2n) is 9.24. The van der Waals surface area contributed by atoms with E-state index in [1.165, 1.54) is 57.8 Å². The van der Waals surface area contributed by atoms with Crippen LogP contribution in [0.3, 0.4) is 0 Å². The van der Waals surface area contributed by atoms with Crippen LogP contribution < -0.4 is 10.6 Å². The van der Waals surface area contributed by atoms with Crippen molar-refractivity contribution in [3.8, 4) is 0 Å². The Morgan fingerprint density at radius 1 is 0.560 bits per heavy atom. The van der Waals surface area contributed by atoms with E-state index in [0.717, 1.165) is 37.5 Å². The Morgan fingerprint density at radius 2 is 0.920 bits per heavy atom. The molecule has 4 saturated carbocycles. The lowest BCUT2D eigenvalue weighted by Crippen LogP contribution is -2.39. The highest BCUT2D eigenvalue weighted by Gasteiger charge is 2.34. The molecule has 4 rings (SSSR count). The maximum Gasteiger partial charge on any atom is 0.223 e. The molecule has 0 atom stereocenters. The van der Waals surface area contributed by atoms with Crippen molar-refractivity contribution in [3.63, 3.8) is 0 Å². The highest BCUT2D eigenvalue weighted by Crippen LogP contribution is 2.36. The highest BCUT2D eigenvalue weighted by molar-refractivity contribution is 5.81. The summed E-state index contributed by atoms with van der Waals surface area (Å²) >= 11 is 0. The van der Waals surface area contributed by atoms with E-state index in [0.29, 0.717) is 35.7 Å². The van der Waals surface area contributed by atoms with Crippen LogP contribution in [-0.4, -0.2) is 23.9 Å². The van der Waals surface area contributed by atoms with Crippen LogP contribution in [0, 0.1) is 23.7 Å². The predicted octanol–water partition coefficient (Wildman–Crippen LogP) is 3.55. The van der Waals surface area contributed by atoms with E-state index in [2.05, 4.69) is 10.6 Å². The van der Waals surface area contributed by atoms with Crippen molar-refractivity contribution >= 4 is 11.8 Å². The second kappa shape index (κ2) is 7.67. The van der Waals surface area contributed by atoms with Crippen molar-refractivity contribution < 1.29 is 9.59 Å². The van der Waals surface area contributed by atoms with Gasteiger partial charge in [-0.25, -0.2) is 0 Å². The molecule has 0 saturated heterocycles. The van der Waals surface area contributed by atoms with E-state index < -0.39 is 0 Å². The average Bonchev–Trinajstić information content (AvgIpc) is 3.50. The van der Waals surface area contributed by atoms with Crippen LogP contribution in [0.1, 0.15) is 83.5 Å². The topological polar surface area (TPSA) is 58.2 Å². The first kappa shape index (κ1) is 17.4. The number of nitrogens with one attached hydrogen (secondary N) is 2. The smallest absolute Gasteiger partial charge is 0.223 e. The lowest BCUT2D eigenvalue weighted by atomic mass is 9.75. The number of carbonyl (C=O) groups excluding carboxylic acids is 2. The van der Waals surface area contributed by atoms with Crippen LogP contribution >= 0.6 is 0 Å². The van der Waals surface area contributed by atoms with Gasteiger partial charge in [0.2, 0.25) is 11.8 Å². The fraction of sp³-hybridized carbons (Fsp3) is 0.905. The molecule has 0 bridgehead atoms. The minimum absolute atomic E-state index is 0.315. The summed E-state index contributed by atoms with van der Waals surface area (Å²) in [6, 6.07) is 0.885. The van der Waals surface area contributed by atoms with Crippen molar-refractivity contribution in [2.45, 2.75) is 95.6 Å². The van der Waals surface area contributed by atoms with Crippen LogP contribution in [0.4, 0.5) is 0 Å². The predicted molar refractivity (Wildman–Crippen MR) is 97.8 cm³/mol. The van der Waals surface area contributed by atoms with Gasteiger partial charge in [-0.15, -0.1) is 0 Å². The molecule has 0 aromatic rings. The third-order valence-corrected chi connectivity index (χ3v) is 6.95. The molecule has 0 spiro atoms. The molecular formula is C21H34N2O2. The van der Waals surface area contributed by atoms with E-state index >= 15 is 0 Å². The maximum absolute atomic E-state index is 11.9. The fourth-order valence-electron chi connectivity index (χ4n) is 4.89. The van der Waals surface area contributed by atoms with Gasteiger partial charge in [0.05, 0.1) is 0 Å². The van der Waals surface area contributed by atoms with Gasteiger partial charge in [-0.3, -0.25) is 9.59 Å². The standard InChI is InChI=1S/C21H34N2O2/c24-20(16-5-6-16)22-18-9-1-14(2-10-18)13-15-3-11-19(12-4-15)23-21(25)17-7-8-17/h14-19H,1-13H2,(H,22,24)(H,23,25). The SMILES string of the molecule is O=C(NC1CCC(CC2CCC(NC(=O)C3CC3)CC2)CC1)C1CC1. The average molecular weight is 347 g/mol. The van der Waals surface area contributed by atoms with E-state index in [9.17, 15) is 9.59 Å². The van der Waals surface area contributed by atoms with Gasteiger partial charge in [0.1, 0.15) is 0 Å². The van der Waals surface area contributed by atoms with Crippen LogP contribution in [0.2, 0.25) is 0 Å². The molecule has 2 amide bonds. The van der Waals surface area contributed by atoms with E-state index in [4.69, 9.17) is 0 Å². The minimum Gasteiger partial charge on any atom is -0.353 e. The molecule has 0 aromatic heterocycles. The van der Waals surface area contributed by atoms with Crippen LogP contribution in [0.25, 0.3) is 0 Å². The molecular weight excluding hydrogens is 312 g/mol. The molecule has 4 nitrogen and oxygen atoms in total. The van der Waals surface area contributed by atoms with Crippen LogP contribution in [-0.2, 0) is 9.59 Å². The minimum atomic E-state index is 0.315. The number of carbonyl (C=O) groups is 2. The van der Waals surface area contributed by atoms with Crippen molar-refractivity contribution in [2.24, 2.45) is 23.7 Å². The Morgan fingerprint density at radius 3 is 1.24 bits per heavy atom. The molecule has 4 heteroatoms. The third kappa shape index (κ3) is 4.98. The molecule has 0 radical (unpaired) electrons. The zero-order valence-electron chi connectivity index (χ0n) is 15.5. The summed E-state index contributed by atoms with van der Waals surface area (Å²) in [7, 11) is 0. The maximum atomic E-state index is 11.9. The summed E-state index contributed by atoms with van der Waals surface area (Å²) in [5.74, 6) is 3.03. The summed E-state index contributed by atoms with van der Waals surface area (Å²) in [4.78, 5) is 23.8. The number of rotatable bonds is 6. The van der Waals surface area contributed by atoms with Gasteiger partial charge in [0.15, 0.2) is 0 Å². The van der Waals surface area contributed by atoms with Crippen molar-refractivity contribution in [1.82, 2.24) is 10.6 Å². The zero-order chi connectivity index (χ0) is 17.2. The van der Waals surface area contributed by atoms with Gasteiger partial charge in [0.25, 0.3) is 0 Å². The van der Waals surface area contributed by atoms with Crippen molar-refractivity contribution in [3.05, 3.63) is 0 Å². The summed E-state index contributed by atoms with van der Waals surface area (Å²) in [5, 5.41) is 6.53. The first-order chi connectivity index (χ1) is 12.2. The molecule has 4 aliphatic carbocycles. The molecule has 0 unspecified atom stereocenters. The van der Waals surface area contributed by atoms with E-state index in [-0.39, 0.29) is 0 Å². The lowest BCUT2D eigenvalue weighted by molar-refractivity contribution is -0.124. The molecule has 4 aliphatic rings. The Kier molecular flexibility index (Phi) is 5.33. The molecule has 140 valence electrons. The first-order valence-corrected chi connectivity index (χ1v) is 10.8. The van der Waals surface area contributed by atoms with Gasteiger partial charge in [-0.1, -0.05) is 0 Å². The lowest BCUT2D eigenvalue weighted by Gasteiger charge is -2.34. The van der Waals surface area contributed by atoms with Crippen LogP contribution in [0.5, 0.6) is 0 Å². The molecule has 0 aliphatic heterocycles. The van der Waals surface area contributed by atoms with Gasteiger partial charge in [-0.2, -0.15) is 0 Å². The van der Waals surface area contributed by atoms with Crippen molar-refractivity contribution in [1.29, 1.82) is 0 Å². The molecule has 0 heterocycles. The zero-order valence-corrected chi connectivity index (χ0v) is 15.5. The molecule has 25 heavy (non-hydrogen) atoms. The first-order valence-electron chi connectivity index (χ1n) is 10.8. The Bertz CT molecular complexity index is 438. The fourth-order valence-corrected chi connectivity index (χ4v) is 4.89. The van der Waals surface area contributed by atoms with Gasteiger partial charge in [0, 0.05) is 23.9 Å². The summed E-state index contributed by atoms with van der Waals surface area (Å²) < 4.78 is 0. The van der Waals surface area contributed by atoms with Crippen LogP contribution in [0.15, 0.2) is 0 Å². The Balaban J connectivity index is 1.11. The number of hydrogen-bond donors (Lipinski definition) is 2. The monoisotopic (exact) mass is 346 g/mol.